The summed E-state index contributed by atoms with van der Waals surface area (Å²) in [6.45, 7) is 2.29. The second-order valence-electron chi connectivity index (χ2n) is 6.53. The molecule has 1 aromatic rings. The van der Waals surface area contributed by atoms with E-state index in [4.69, 9.17) is 11.6 Å². The van der Waals surface area contributed by atoms with Crippen molar-refractivity contribution in [3.05, 3.63) is 33.3 Å². The third-order valence-electron chi connectivity index (χ3n) is 4.78. The van der Waals surface area contributed by atoms with Gasteiger partial charge in [0.1, 0.15) is 0 Å². The molecule has 0 amide bonds. The SMILES string of the molecule is CN1CCCCC(CNC2CC2)C1c1cc(Cl)ccc1Br. The molecule has 0 radical (unpaired) electrons. The van der Waals surface area contributed by atoms with Crippen molar-refractivity contribution in [1.29, 1.82) is 0 Å². The van der Waals surface area contributed by atoms with Crippen molar-refractivity contribution < 1.29 is 0 Å². The van der Waals surface area contributed by atoms with Gasteiger partial charge in [-0.25, -0.2) is 0 Å². The third kappa shape index (κ3) is 4.01. The Morgan fingerprint density at radius 2 is 2.10 bits per heavy atom. The maximum absolute atomic E-state index is 6.25. The lowest BCUT2D eigenvalue weighted by Gasteiger charge is -2.34. The Labute approximate surface area is 141 Å². The number of rotatable bonds is 4. The van der Waals surface area contributed by atoms with Gasteiger partial charge in [-0.3, -0.25) is 4.90 Å². The van der Waals surface area contributed by atoms with Gasteiger partial charge in [0.25, 0.3) is 0 Å². The summed E-state index contributed by atoms with van der Waals surface area (Å²) in [5.41, 5.74) is 1.34. The van der Waals surface area contributed by atoms with Crippen LogP contribution in [0.25, 0.3) is 0 Å². The lowest BCUT2D eigenvalue weighted by molar-refractivity contribution is 0.188. The lowest BCUT2D eigenvalue weighted by Crippen LogP contribution is -2.35. The molecule has 0 aromatic heterocycles. The summed E-state index contributed by atoms with van der Waals surface area (Å²) in [6, 6.07) is 7.42. The van der Waals surface area contributed by atoms with E-state index in [-0.39, 0.29) is 0 Å². The molecule has 1 aliphatic carbocycles. The first-order valence-corrected chi connectivity index (χ1v) is 9.21. The molecule has 3 rings (SSSR count). The van der Waals surface area contributed by atoms with Crippen molar-refractivity contribution in [2.75, 3.05) is 20.1 Å². The maximum Gasteiger partial charge on any atom is 0.0410 e. The molecule has 2 aliphatic rings. The Kier molecular flexibility index (Phi) is 5.26. The van der Waals surface area contributed by atoms with Crippen molar-refractivity contribution >= 4 is 27.5 Å². The van der Waals surface area contributed by atoms with Crippen LogP contribution >= 0.6 is 27.5 Å². The maximum atomic E-state index is 6.25. The van der Waals surface area contributed by atoms with Gasteiger partial charge < -0.3 is 5.32 Å². The topological polar surface area (TPSA) is 15.3 Å². The largest absolute Gasteiger partial charge is 0.314 e. The fourth-order valence-corrected chi connectivity index (χ4v) is 4.14. The number of halogens is 2. The lowest BCUT2D eigenvalue weighted by atomic mass is 9.89. The van der Waals surface area contributed by atoms with Crippen LogP contribution in [0.4, 0.5) is 0 Å². The average molecular weight is 372 g/mol. The van der Waals surface area contributed by atoms with Crippen molar-refractivity contribution in [3.63, 3.8) is 0 Å². The van der Waals surface area contributed by atoms with Crippen LogP contribution in [0.5, 0.6) is 0 Å². The first-order valence-electron chi connectivity index (χ1n) is 8.03. The summed E-state index contributed by atoms with van der Waals surface area (Å²) in [6.07, 6.45) is 6.64. The molecular formula is C17H24BrClN2. The molecular weight excluding hydrogens is 348 g/mol. The van der Waals surface area contributed by atoms with E-state index in [1.165, 1.54) is 48.7 Å². The molecule has 4 heteroatoms. The summed E-state index contributed by atoms with van der Waals surface area (Å²) in [4.78, 5) is 2.52. The third-order valence-corrected chi connectivity index (χ3v) is 5.74. The zero-order valence-corrected chi connectivity index (χ0v) is 15.0. The molecule has 2 unspecified atom stereocenters. The zero-order valence-electron chi connectivity index (χ0n) is 12.6. The van der Waals surface area contributed by atoms with E-state index >= 15 is 0 Å². The summed E-state index contributed by atoms with van der Waals surface area (Å²) in [7, 11) is 2.26. The highest BCUT2D eigenvalue weighted by Gasteiger charge is 2.32. The Bertz CT molecular complexity index is 490. The zero-order chi connectivity index (χ0) is 14.8. The highest BCUT2D eigenvalue weighted by atomic mass is 79.9. The molecule has 1 saturated heterocycles. The number of nitrogens with one attached hydrogen (secondary N) is 1. The van der Waals surface area contributed by atoms with E-state index in [0.29, 0.717) is 12.0 Å². The molecule has 2 fully saturated rings. The van der Waals surface area contributed by atoms with Crippen LogP contribution in [0.15, 0.2) is 22.7 Å². The normalized spacial score (nSPS) is 27.6. The second-order valence-corrected chi connectivity index (χ2v) is 7.82. The van der Waals surface area contributed by atoms with Crippen LogP contribution in [0, 0.1) is 5.92 Å². The van der Waals surface area contributed by atoms with Crippen molar-refractivity contribution in [1.82, 2.24) is 10.2 Å². The number of hydrogen-bond acceptors (Lipinski definition) is 2. The summed E-state index contributed by atoms with van der Waals surface area (Å²) in [5.74, 6) is 0.660. The van der Waals surface area contributed by atoms with Gasteiger partial charge in [0.15, 0.2) is 0 Å². The van der Waals surface area contributed by atoms with Crippen LogP contribution in [0.3, 0.4) is 0 Å². The molecule has 1 saturated carbocycles. The molecule has 1 aromatic carbocycles. The van der Waals surface area contributed by atoms with Crippen molar-refractivity contribution in [2.24, 2.45) is 5.92 Å². The minimum Gasteiger partial charge on any atom is -0.314 e. The second kappa shape index (κ2) is 6.99. The minimum absolute atomic E-state index is 0.451. The molecule has 0 bridgehead atoms. The first kappa shape index (κ1) is 15.8. The van der Waals surface area contributed by atoms with E-state index in [2.05, 4.69) is 45.3 Å². The van der Waals surface area contributed by atoms with Crippen LogP contribution < -0.4 is 5.32 Å². The highest BCUT2D eigenvalue weighted by Crippen LogP contribution is 2.38. The Balaban J connectivity index is 1.85. The van der Waals surface area contributed by atoms with Crippen LogP contribution in [0.2, 0.25) is 5.02 Å². The molecule has 2 nitrogen and oxygen atoms in total. The van der Waals surface area contributed by atoms with E-state index < -0.39 is 0 Å². The van der Waals surface area contributed by atoms with E-state index in [9.17, 15) is 0 Å². The molecule has 1 aliphatic heterocycles. The van der Waals surface area contributed by atoms with Gasteiger partial charge in [-0.2, -0.15) is 0 Å². The molecule has 0 spiro atoms. The standard InChI is InChI=1S/C17H24BrClN2/c1-21-9-3-2-4-12(11-20-14-6-7-14)17(21)15-10-13(19)5-8-16(15)18/h5,8,10,12,14,17,20H,2-4,6-7,9,11H2,1H3. The average Bonchev–Trinajstić information content (AvgIpc) is 3.28. The van der Waals surface area contributed by atoms with E-state index in [1.807, 2.05) is 6.07 Å². The monoisotopic (exact) mass is 370 g/mol. The predicted octanol–water partition coefficient (Wildman–Crippen LogP) is 4.63. The molecule has 21 heavy (non-hydrogen) atoms. The Morgan fingerprint density at radius 3 is 2.86 bits per heavy atom. The summed E-state index contributed by atoms with van der Waals surface area (Å²) < 4.78 is 1.18. The smallest absolute Gasteiger partial charge is 0.0410 e. The Morgan fingerprint density at radius 1 is 1.29 bits per heavy atom. The summed E-state index contributed by atoms with van der Waals surface area (Å²) >= 11 is 9.99. The fraction of sp³-hybridized carbons (Fsp3) is 0.647. The molecule has 116 valence electrons. The van der Waals surface area contributed by atoms with Crippen molar-refractivity contribution in [2.45, 2.75) is 44.2 Å². The van der Waals surface area contributed by atoms with Gasteiger partial charge in [-0.05, 0) is 69.0 Å². The minimum atomic E-state index is 0.451. The first-order chi connectivity index (χ1) is 10.1. The van der Waals surface area contributed by atoms with Gasteiger partial charge >= 0.3 is 0 Å². The van der Waals surface area contributed by atoms with Gasteiger partial charge in [-0.15, -0.1) is 0 Å². The van der Waals surface area contributed by atoms with Gasteiger partial charge in [-0.1, -0.05) is 34.0 Å². The number of hydrogen-bond donors (Lipinski definition) is 1. The van der Waals surface area contributed by atoms with E-state index in [1.54, 1.807) is 0 Å². The number of likely N-dealkylation sites (tertiary alicyclic amines) is 1. The number of nitrogens with zero attached hydrogens (tertiary/aromatic N) is 1. The quantitative estimate of drug-likeness (QED) is 0.830. The van der Waals surface area contributed by atoms with Gasteiger partial charge in [0.05, 0.1) is 0 Å². The van der Waals surface area contributed by atoms with Crippen molar-refractivity contribution in [3.8, 4) is 0 Å². The number of benzene rings is 1. The molecule has 1 N–H and O–H groups in total. The van der Waals surface area contributed by atoms with Crippen LogP contribution in [-0.4, -0.2) is 31.1 Å². The molecule has 2 atom stereocenters. The van der Waals surface area contributed by atoms with Crippen LogP contribution in [-0.2, 0) is 0 Å². The van der Waals surface area contributed by atoms with Crippen LogP contribution in [0.1, 0.15) is 43.7 Å². The highest BCUT2D eigenvalue weighted by molar-refractivity contribution is 9.10. The van der Waals surface area contributed by atoms with Gasteiger partial charge in [0.2, 0.25) is 0 Å². The van der Waals surface area contributed by atoms with E-state index in [0.717, 1.165) is 17.6 Å². The fourth-order valence-electron chi connectivity index (χ4n) is 3.48. The Hall–Kier alpha value is -0.0900. The molecule has 1 heterocycles. The predicted molar refractivity (Wildman–Crippen MR) is 92.9 cm³/mol. The summed E-state index contributed by atoms with van der Waals surface area (Å²) in [5, 5.41) is 4.57. The van der Waals surface area contributed by atoms with Gasteiger partial charge in [0, 0.05) is 28.1 Å².